The van der Waals surface area contributed by atoms with Crippen LogP contribution in [0.25, 0.3) is 0 Å². The summed E-state index contributed by atoms with van der Waals surface area (Å²) < 4.78 is 43.0. The first-order valence-corrected chi connectivity index (χ1v) is 26.1. The van der Waals surface area contributed by atoms with E-state index in [1.54, 1.807) is 75.7 Å². The molecule has 14 N–H and O–H groups in total. The molecule has 0 unspecified atom stereocenters. The lowest BCUT2D eigenvalue weighted by Crippen LogP contribution is -2.34. The van der Waals surface area contributed by atoms with Crippen molar-refractivity contribution in [1.82, 2.24) is 72.7 Å². The van der Waals surface area contributed by atoms with Gasteiger partial charge in [0.1, 0.15) is 13.2 Å². The third-order valence-electron chi connectivity index (χ3n) is 8.74. The van der Waals surface area contributed by atoms with Crippen molar-refractivity contribution in [3.05, 3.63) is 105 Å². The molecular weight excluding hydrogens is 1160 g/mol. The molecule has 0 saturated carbocycles. The van der Waals surface area contributed by atoms with Gasteiger partial charge in [-0.2, -0.15) is 30.6 Å². The zero-order valence-corrected chi connectivity index (χ0v) is 52.4. The molecule has 0 aliphatic heterocycles. The van der Waals surface area contributed by atoms with Crippen LogP contribution in [-0.2, 0) is 119 Å². The molecule has 0 aliphatic carbocycles. The quantitative estimate of drug-likeness (QED) is 0.0146. The smallest absolute Gasteiger partial charge is 0.395 e. The summed E-state index contributed by atoms with van der Waals surface area (Å²) >= 11 is 5.53. The lowest BCUT2D eigenvalue weighted by atomic mass is 10.2. The van der Waals surface area contributed by atoms with E-state index in [0.29, 0.717) is 71.0 Å². The van der Waals surface area contributed by atoms with E-state index in [1.807, 2.05) is 37.2 Å². The van der Waals surface area contributed by atoms with Crippen LogP contribution in [0.3, 0.4) is 0 Å². The highest BCUT2D eigenvalue weighted by Gasteiger charge is 2.10. The Hall–Kier alpha value is -6.87. The van der Waals surface area contributed by atoms with Crippen LogP contribution in [0.4, 0.5) is 0 Å². The lowest BCUT2D eigenvalue weighted by Gasteiger charge is -1.95. The first-order valence-electron chi connectivity index (χ1n) is 25.5. The number of ether oxygens (including phenoxy) is 9. The number of H-pyrrole nitrogens is 6. The maximum absolute atomic E-state index is 11.1. The largest absolute Gasteiger partial charge is 0.461 e. The van der Waals surface area contributed by atoms with Crippen molar-refractivity contribution < 1.29 is 67.8 Å². The molecule has 0 fully saturated rings. The van der Waals surface area contributed by atoms with E-state index < -0.39 is 11.9 Å². The maximum Gasteiger partial charge on any atom is 0.395 e. The van der Waals surface area contributed by atoms with Gasteiger partial charge in [-0.3, -0.25) is 36.0 Å². The highest BCUT2D eigenvalue weighted by Crippen LogP contribution is 2.06. The van der Waals surface area contributed by atoms with Crippen molar-refractivity contribution in [3.63, 3.8) is 0 Å². The van der Waals surface area contributed by atoms with Crippen molar-refractivity contribution in [3.8, 4) is 24.7 Å². The number of nitrogens with zero attached hydrogens (tertiary/aromatic N) is 6. The number of alkyl halides is 1. The number of aromatic nitrogens is 12. The van der Waals surface area contributed by atoms with E-state index in [1.165, 1.54) is 0 Å². The fourth-order valence-electron chi connectivity index (χ4n) is 5.55. The highest BCUT2D eigenvalue weighted by molar-refractivity contribution is 6.20. The Morgan fingerprint density at radius 3 is 1.23 bits per heavy atom. The van der Waals surface area contributed by atoms with Crippen LogP contribution in [0.15, 0.2) is 36.4 Å². The minimum absolute atomic E-state index is 0. The number of hydrogen-bond acceptors (Lipinski definition) is 21. The molecule has 30 heteroatoms. The van der Waals surface area contributed by atoms with Crippen LogP contribution in [0, 0.1) is 24.7 Å². The zero-order chi connectivity index (χ0) is 62.0. The number of terminal acetylenes is 2. The first kappa shape index (κ1) is 92.8. The van der Waals surface area contributed by atoms with Crippen LogP contribution in [0.5, 0.6) is 0 Å². The number of hydrogen-bond donors (Lipinski definition) is 11. The van der Waals surface area contributed by atoms with E-state index in [2.05, 4.69) is 102 Å². The van der Waals surface area contributed by atoms with Gasteiger partial charge in [0.2, 0.25) is 6.21 Å². The molecule has 0 saturated heterocycles. The predicted octanol–water partition coefficient (Wildman–Crippen LogP) is 5.48. The fourth-order valence-corrected chi connectivity index (χ4v) is 5.69. The van der Waals surface area contributed by atoms with Gasteiger partial charge in [0, 0.05) is 56.3 Å². The van der Waals surface area contributed by atoms with Crippen LogP contribution in [-0.4, -0.2) is 173 Å². The summed E-state index contributed by atoms with van der Waals surface area (Å²) in [6, 6.07) is 11.3. The molecule has 0 aromatic carbocycles. The minimum atomic E-state index is -0.470. The number of halogens is 2. The zero-order valence-electron chi connectivity index (χ0n) is 50.9. The lowest BCUT2D eigenvalue weighted by molar-refractivity contribution is -0.148. The molecule has 6 aromatic rings. The average Bonchev–Trinajstić information content (AvgIpc) is 4.37. The minimum Gasteiger partial charge on any atom is -0.461 e. The standard InChI is InChI=1S/C8H12N2O3.2C8H14N2O.C7H13N3O.C6H9ClN2O.C6H10N2O2.C4H7NO2.C4H6O.C3H4O.2CH4.ClH.H3N/c1-3-13-8(11)7-4-6(5-12-2)9-10-7;2*1-3-4-7-5-8(6-11-2)10-9-7;1-8-4-6-3-7(5-11-2)10-9-6;1-10-4-6-2-5(3-7)8-9-6;1-10-4-6-2-5(3-9)7-8-6;1-2-7-4(6)3-5;1-3-4-5-2;1-2-3-4;;;;/h4H,3,5H2,1-2H3,(H,9,10);2*5H,3-4,6H2,1-2H3,(H,9,10);3,8H,4-5H2,1-2H3,(H,9,10);2H,3-4H2,1H3,(H,8,9);2,9H,3-4H2,1H3,(H,7,8);3,5H,2H2,1H3;1H,4H2,2H3;1,4H,3H2;2*1H4;1H;1H3/p+1. The van der Waals surface area contributed by atoms with E-state index in [9.17, 15) is 9.59 Å². The van der Waals surface area contributed by atoms with E-state index in [4.69, 9.17) is 66.8 Å². The number of aliphatic hydroxyl groups excluding tert-OH is 2. The number of nitrogens with one attached hydrogen (secondary N) is 7. The Balaban J connectivity index is -0.000000165. The van der Waals surface area contributed by atoms with Gasteiger partial charge < -0.3 is 64.3 Å². The second kappa shape index (κ2) is 67.3. The van der Waals surface area contributed by atoms with Crippen LogP contribution in [0.1, 0.15) is 129 Å². The average molecular weight is 1260 g/mol. The monoisotopic (exact) mass is 1260 g/mol. The summed E-state index contributed by atoms with van der Waals surface area (Å²) in [5.41, 5.74) is 10.8. The van der Waals surface area contributed by atoms with E-state index in [-0.39, 0.29) is 52.3 Å². The summed E-state index contributed by atoms with van der Waals surface area (Å²) in [5.74, 6) is 3.86. The van der Waals surface area contributed by atoms with Crippen molar-refractivity contribution >= 4 is 42.2 Å². The number of carbonyl (C=O) groups excluding carboxylic acids is 2. The third-order valence-corrected chi connectivity index (χ3v) is 9.03. The second-order valence-electron chi connectivity index (χ2n) is 15.8. The van der Waals surface area contributed by atoms with Crippen molar-refractivity contribution in [2.24, 2.45) is 0 Å². The molecule has 0 atom stereocenters. The molecule has 492 valence electrons. The van der Waals surface area contributed by atoms with E-state index >= 15 is 0 Å². The molecule has 0 bridgehead atoms. The number of aryl methyl sites for hydroxylation is 2. The molecule has 0 amide bonds. The Bertz CT molecular complexity index is 2290. The van der Waals surface area contributed by atoms with Gasteiger partial charge in [0.25, 0.3) is 0 Å². The number of esters is 2. The third kappa shape index (κ3) is 51.5. The van der Waals surface area contributed by atoms with Gasteiger partial charge in [-0.15, -0.1) is 36.9 Å². The topological polar surface area (TPSA) is 402 Å². The van der Waals surface area contributed by atoms with Gasteiger partial charge in [-0.05, 0) is 70.1 Å². The molecule has 0 spiro atoms. The molecule has 86 heavy (non-hydrogen) atoms. The molecule has 28 nitrogen and oxygen atoms in total. The molecule has 6 aromatic heterocycles. The first-order chi connectivity index (χ1) is 39.7. The Morgan fingerprint density at radius 2 is 0.930 bits per heavy atom. The number of methoxy groups -OCH3 is 7. The SMILES string of the molecule is C.C.C#CCO.C#CCOC.CCCc1cc(COC)[nH]n1.CCCc1cc(COC)[nH]n1.CCOC(=O)C=[NH2+].CCOC(=O)c1cc(COC)[nH]n1.CNCc1cc(COC)[nH]n1.COCc1cc(CCl)[nH]n1.COCc1cc(CO)n[nH]1.Cl.N. The van der Waals surface area contributed by atoms with Gasteiger partial charge in [0.15, 0.2) is 5.69 Å². The van der Waals surface area contributed by atoms with Gasteiger partial charge in [0.05, 0.1) is 128 Å². The summed E-state index contributed by atoms with van der Waals surface area (Å²) in [5, 5.41) is 64.7. The van der Waals surface area contributed by atoms with Crippen molar-refractivity contribution in [2.75, 3.05) is 83.2 Å². The maximum atomic E-state index is 11.1. The number of aliphatic hydroxyl groups is 2. The summed E-state index contributed by atoms with van der Waals surface area (Å²) in [6.07, 6.45) is 14.5. The van der Waals surface area contributed by atoms with Gasteiger partial charge in [-0.25, -0.2) is 9.59 Å². The molecule has 0 aliphatic rings. The highest BCUT2D eigenvalue weighted by atomic mass is 35.5. The van der Waals surface area contributed by atoms with Crippen LogP contribution >= 0.6 is 24.0 Å². The van der Waals surface area contributed by atoms with Crippen LogP contribution < -0.4 is 16.9 Å². The normalized spacial score (nSPS) is 9.08. The second-order valence-corrected chi connectivity index (χ2v) is 16.0. The van der Waals surface area contributed by atoms with Crippen LogP contribution in [0.2, 0.25) is 0 Å². The summed E-state index contributed by atoms with van der Waals surface area (Å²) in [7, 11) is 13.3. The Morgan fingerprint density at radius 1 is 0.570 bits per heavy atom. The van der Waals surface area contributed by atoms with Gasteiger partial charge >= 0.3 is 11.9 Å². The fraction of sp³-hybridized carbons (Fsp3) is 0.554. The number of carbonyl (C=O) groups is 2. The number of aromatic amines is 6. The Labute approximate surface area is 520 Å². The molecule has 0 radical (unpaired) electrons. The number of nitrogens with two attached hydrogens (primary N) is 1. The van der Waals surface area contributed by atoms with Crippen molar-refractivity contribution in [2.45, 2.75) is 127 Å². The summed E-state index contributed by atoms with van der Waals surface area (Å²) in [4.78, 5) is 21.1. The molecular formula is C56H102Cl2N15O13+. The van der Waals surface area contributed by atoms with E-state index in [0.717, 1.165) is 95.4 Å². The van der Waals surface area contributed by atoms with Gasteiger partial charge in [-0.1, -0.05) is 53.4 Å². The molecule has 6 rings (SSSR count). The van der Waals surface area contributed by atoms with Crippen molar-refractivity contribution in [1.29, 1.82) is 0 Å². The number of rotatable bonds is 25. The summed E-state index contributed by atoms with van der Waals surface area (Å²) in [6.45, 7) is 12.8. The predicted molar refractivity (Wildman–Crippen MR) is 335 cm³/mol. The molecule has 6 heterocycles. The Kier molecular flexibility index (Phi) is 72.6.